The third-order valence-corrected chi connectivity index (χ3v) is 6.72. The maximum Gasteiger partial charge on any atom is 0.337 e. The highest BCUT2D eigenvalue weighted by molar-refractivity contribution is 6.33. The second-order valence-corrected chi connectivity index (χ2v) is 9.85. The van der Waals surface area contributed by atoms with E-state index in [1.807, 2.05) is 6.07 Å². The molecule has 0 unspecified atom stereocenters. The van der Waals surface area contributed by atoms with Gasteiger partial charge in [-0.25, -0.2) is 4.79 Å². The van der Waals surface area contributed by atoms with E-state index >= 15 is 0 Å². The maximum absolute atomic E-state index is 14.0. The maximum atomic E-state index is 14.0. The number of ether oxygens (including phenoxy) is 3. The van der Waals surface area contributed by atoms with Crippen molar-refractivity contribution in [2.45, 2.75) is 97.8 Å². The molecule has 0 aromatic heterocycles. The number of nitrogens with zero attached hydrogens (tertiary/aromatic N) is 1. The van der Waals surface area contributed by atoms with E-state index in [0.717, 1.165) is 57.8 Å². The van der Waals surface area contributed by atoms with Crippen LogP contribution in [0.1, 0.15) is 103 Å². The molecule has 1 N–H and O–H groups in total. The lowest BCUT2D eigenvalue weighted by atomic mass is 9.72. The second-order valence-electron chi connectivity index (χ2n) is 9.85. The van der Waals surface area contributed by atoms with Gasteiger partial charge in [0.05, 0.1) is 25.4 Å². The molecule has 8 heteroatoms. The molecule has 0 aliphatic carbocycles. The average molecular weight is 543 g/mol. The molecular weight excluding hydrogens is 496 g/mol. The molecule has 0 saturated heterocycles. The number of esters is 3. The fourth-order valence-electron chi connectivity index (χ4n) is 4.44. The van der Waals surface area contributed by atoms with Crippen molar-refractivity contribution in [2.24, 2.45) is 10.5 Å². The van der Waals surface area contributed by atoms with Crippen molar-refractivity contribution in [3.05, 3.63) is 47.7 Å². The number of hydrogen-bond acceptors (Lipinski definition) is 8. The highest BCUT2D eigenvalue weighted by Gasteiger charge is 2.61. The van der Waals surface area contributed by atoms with Crippen molar-refractivity contribution in [3.8, 4) is 0 Å². The number of hydrazone groups is 1. The molecule has 39 heavy (non-hydrogen) atoms. The summed E-state index contributed by atoms with van der Waals surface area (Å²) in [5.74, 6) is -2.53. The highest BCUT2D eigenvalue weighted by atomic mass is 16.6. The molecule has 216 valence electrons. The fraction of sp³-hybridized carbons (Fsp3) is 0.613. The molecule has 0 bridgehead atoms. The van der Waals surface area contributed by atoms with Gasteiger partial charge >= 0.3 is 17.9 Å². The van der Waals surface area contributed by atoms with E-state index in [9.17, 15) is 14.4 Å². The van der Waals surface area contributed by atoms with Gasteiger partial charge in [0.2, 0.25) is 5.41 Å². The van der Waals surface area contributed by atoms with Gasteiger partial charge in [0.15, 0.2) is 0 Å². The first-order chi connectivity index (χ1) is 19.0. The van der Waals surface area contributed by atoms with Crippen molar-refractivity contribution in [2.75, 3.05) is 19.8 Å². The molecule has 0 saturated carbocycles. The van der Waals surface area contributed by atoms with Crippen molar-refractivity contribution < 1.29 is 28.6 Å². The Morgan fingerprint density at radius 1 is 0.692 bits per heavy atom. The molecule has 0 amide bonds. The summed E-state index contributed by atoms with van der Waals surface area (Å²) in [6.07, 6.45) is 12.1. The van der Waals surface area contributed by atoms with E-state index < -0.39 is 23.3 Å². The van der Waals surface area contributed by atoms with Crippen LogP contribution in [-0.2, 0) is 28.6 Å². The van der Waals surface area contributed by atoms with Gasteiger partial charge in [-0.15, -0.1) is 0 Å². The second kappa shape index (κ2) is 18.2. The molecule has 0 spiro atoms. The zero-order valence-electron chi connectivity index (χ0n) is 24.0. The van der Waals surface area contributed by atoms with Crippen LogP contribution in [0.15, 0.2) is 47.2 Å². The van der Waals surface area contributed by atoms with Crippen molar-refractivity contribution in [1.82, 2.24) is 5.43 Å². The largest absolute Gasteiger partial charge is 0.464 e. The fourth-order valence-corrected chi connectivity index (χ4v) is 4.44. The highest BCUT2D eigenvalue weighted by Crippen LogP contribution is 2.38. The lowest BCUT2D eigenvalue weighted by Gasteiger charge is -2.34. The zero-order chi connectivity index (χ0) is 28.3. The van der Waals surface area contributed by atoms with Crippen LogP contribution in [0.25, 0.3) is 0 Å². The van der Waals surface area contributed by atoms with E-state index in [2.05, 4.69) is 31.3 Å². The van der Waals surface area contributed by atoms with Crippen LogP contribution in [0.4, 0.5) is 0 Å². The summed E-state index contributed by atoms with van der Waals surface area (Å²) in [5, 5.41) is 4.35. The van der Waals surface area contributed by atoms with Crippen LogP contribution in [0.5, 0.6) is 0 Å². The van der Waals surface area contributed by atoms with Crippen LogP contribution >= 0.6 is 0 Å². The van der Waals surface area contributed by atoms with Gasteiger partial charge in [-0.2, -0.15) is 5.10 Å². The Bertz CT molecular complexity index is 931. The number of rotatable bonds is 19. The van der Waals surface area contributed by atoms with E-state index in [1.54, 1.807) is 24.3 Å². The molecule has 0 atom stereocenters. The predicted molar refractivity (Wildman–Crippen MR) is 152 cm³/mol. The first kappa shape index (κ1) is 32.1. The van der Waals surface area contributed by atoms with Crippen molar-refractivity contribution >= 4 is 23.6 Å². The monoisotopic (exact) mass is 542 g/mol. The molecule has 1 heterocycles. The van der Waals surface area contributed by atoms with Crippen LogP contribution < -0.4 is 5.43 Å². The Morgan fingerprint density at radius 3 is 1.67 bits per heavy atom. The third kappa shape index (κ3) is 9.22. The topological polar surface area (TPSA) is 103 Å². The summed E-state index contributed by atoms with van der Waals surface area (Å²) in [6, 6.07) is 8.84. The number of carbonyl (C=O) groups excluding carboxylic acids is 3. The number of carbonyl (C=O) groups is 3. The quantitative estimate of drug-likeness (QED) is 0.0956. The van der Waals surface area contributed by atoms with Crippen molar-refractivity contribution in [3.63, 3.8) is 0 Å². The Hall–Kier alpha value is -3.16. The smallest absolute Gasteiger partial charge is 0.337 e. The summed E-state index contributed by atoms with van der Waals surface area (Å²) in [6.45, 7) is 6.73. The van der Waals surface area contributed by atoms with Gasteiger partial charge in [-0.3, -0.25) is 15.0 Å². The Kier molecular flexibility index (Phi) is 14.9. The third-order valence-electron chi connectivity index (χ3n) is 6.72. The molecule has 1 aliphatic heterocycles. The lowest BCUT2D eigenvalue weighted by Crippen LogP contribution is -2.54. The van der Waals surface area contributed by atoms with Gasteiger partial charge in [0.25, 0.3) is 0 Å². The molecule has 1 aromatic rings. The minimum atomic E-state index is -2.21. The van der Waals surface area contributed by atoms with E-state index in [-0.39, 0.29) is 31.1 Å². The minimum Gasteiger partial charge on any atom is -0.464 e. The first-order valence-electron chi connectivity index (χ1n) is 14.6. The van der Waals surface area contributed by atoms with Gasteiger partial charge in [0, 0.05) is 6.20 Å². The number of unbranched alkanes of at least 4 members (excludes halogenated alkanes) is 9. The van der Waals surface area contributed by atoms with Crippen molar-refractivity contribution in [1.29, 1.82) is 0 Å². The zero-order valence-corrected chi connectivity index (χ0v) is 24.0. The molecule has 2 rings (SSSR count). The SMILES string of the molecule is CCCCCCOC(=O)C1=CNN=C(c2ccccc2)C1(C(=O)OCCCCCC)C(=O)OCCCCCC. The van der Waals surface area contributed by atoms with Gasteiger partial charge in [-0.1, -0.05) is 109 Å². The minimum absolute atomic E-state index is 0.0562. The molecule has 0 fully saturated rings. The standard InChI is InChI=1S/C31H46N2O6/c1-4-7-10-16-21-37-28(34)26-24-32-33-27(25-19-14-13-15-20-25)31(26,29(35)38-22-17-11-8-5-2)30(36)39-23-18-12-9-6-3/h13-15,19-20,24,32H,4-12,16-18,21-23H2,1-3H3. The Morgan fingerprint density at radius 2 is 1.18 bits per heavy atom. The summed E-state index contributed by atoms with van der Waals surface area (Å²) in [7, 11) is 0. The summed E-state index contributed by atoms with van der Waals surface area (Å²) in [4.78, 5) is 41.4. The lowest BCUT2D eigenvalue weighted by molar-refractivity contribution is -0.167. The van der Waals surface area contributed by atoms with E-state index in [4.69, 9.17) is 14.2 Å². The Balaban J connectivity index is 2.44. The predicted octanol–water partition coefficient (Wildman–Crippen LogP) is 6.23. The van der Waals surface area contributed by atoms with Crippen LogP contribution in [0.2, 0.25) is 0 Å². The summed E-state index contributed by atoms with van der Waals surface area (Å²) >= 11 is 0. The summed E-state index contributed by atoms with van der Waals surface area (Å²) in [5.41, 5.74) is 0.888. The average Bonchev–Trinajstić information content (AvgIpc) is 2.96. The van der Waals surface area contributed by atoms with Crippen LogP contribution in [0, 0.1) is 5.41 Å². The molecular formula is C31H46N2O6. The number of nitrogens with one attached hydrogen (secondary N) is 1. The molecule has 1 aromatic carbocycles. The van der Waals surface area contributed by atoms with Gasteiger partial charge in [-0.05, 0) is 24.8 Å². The molecule has 8 nitrogen and oxygen atoms in total. The summed E-state index contributed by atoms with van der Waals surface area (Å²) < 4.78 is 16.9. The first-order valence-corrected chi connectivity index (χ1v) is 14.6. The van der Waals surface area contributed by atoms with Crippen LogP contribution in [-0.4, -0.2) is 43.4 Å². The van der Waals surface area contributed by atoms with Gasteiger partial charge < -0.3 is 14.2 Å². The molecule has 0 radical (unpaired) electrons. The van der Waals surface area contributed by atoms with E-state index in [1.165, 1.54) is 6.20 Å². The Labute approximate surface area is 233 Å². The van der Waals surface area contributed by atoms with E-state index in [0.29, 0.717) is 24.8 Å². The normalized spacial score (nSPS) is 14.0. The van der Waals surface area contributed by atoms with Gasteiger partial charge in [0.1, 0.15) is 5.71 Å². The number of benzene rings is 1. The molecule has 1 aliphatic rings. The number of hydrogen-bond donors (Lipinski definition) is 1. The van der Waals surface area contributed by atoms with Crippen LogP contribution in [0.3, 0.4) is 0 Å².